The maximum absolute atomic E-state index is 5.56. The molecule has 4 heteroatoms. The van der Waals surface area contributed by atoms with E-state index in [1.807, 2.05) is 12.1 Å². The Balaban J connectivity index is 1.69. The van der Waals surface area contributed by atoms with Crippen LogP contribution in [0.15, 0.2) is 18.3 Å². The number of hydrogen-bond acceptors (Lipinski definition) is 4. The molecule has 2 rings (SSSR count). The molecule has 1 aromatic rings. The lowest BCUT2D eigenvalue weighted by Crippen LogP contribution is -2.33. The van der Waals surface area contributed by atoms with Crippen LogP contribution in [0.3, 0.4) is 0 Å². The monoisotopic (exact) mass is 221 g/mol. The van der Waals surface area contributed by atoms with Gasteiger partial charge in [0.15, 0.2) is 0 Å². The lowest BCUT2D eigenvalue weighted by molar-refractivity contribution is 0.180. The van der Waals surface area contributed by atoms with Gasteiger partial charge in [-0.1, -0.05) is 6.42 Å². The number of likely N-dealkylation sites (tertiary alicyclic amines) is 1. The van der Waals surface area contributed by atoms with E-state index >= 15 is 0 Å². The second-order valence-corrected chi connectivity index (χ2v) is 4.18. The molecule has 16 heavy (non-hydrogen) atoms. The van der Waals surface area contributed by atoms with E-state index in [1.165, 1.54) is 32.4 Å². The van der Waals surface area contributed by atoms with E-state index in [0.717, 1.165) is 6.54 Å². The molecule has 2 N–H and O–H groups in total. The molecule has 0 saturated carbocycles. The Morgan fingerprint density at radius 3 is 2.75 bits per heavy atom. The number of rotatable bonds is 4. The minimum atomic E-state index is 0.659. The summed E-state index contributed by atoms with van der Waals surface area (Å²) in [6.45, 7) is 4.11. The molecule has 4 nitrogen and oxygen atoms in total. The second-order valence-electron chi connectivity index (χ2n) is 4.18. The molecule has 1 saturated heterocycles. The molecule has 1 aliphatic rings. The number of piperidine rings is 1. The van der Waals surface area contributed by atoms with Crippen LogP contribution in [0, 0.1) is 0 Å². The number of ether oxygens (including phenoxy) is 1. The van der Waals surface area contributed by atoms with Crippen LogP contribution >= 0.6 is 0 Å². The van der Waals surface area contributed by atoms with Crippen molar-refractivity contribution in [3.8, 4) is 5.88 Å². The molecule has 1 aromatic heterocycles. The predicted octanol–water partition coefficient (Wildman–Crippen LogP) is 1.53. The van der Waals surface area contributed by atoms with Gasteiger partial charge in [0.05, 0.1) is 11.9 Å². The maximum atomic E-state index is 5.56. The van der Waals surface area contributed by atoms with Crippen LogP contribution in [-0.2, 0) is 0 Å². The third-order valence-corrected chi connectivity index (χ3v) is 2.87. The summed E-state index contributed by atoms with van der Waals surface area (Å²) in [6.07, 6.45) is 5.63. The zero-order chi connectivity index (χ0) is 11.2. The number of nitrogens with zero attached hydrogens (tertiary/aromatic N) is 2. The summed E-state index contributed by atoms with van der Waals surface area (Å²) < 4.78 is 5.56. The van der Waals surface area contributed by atoms with Crippen molar-refractivity contribution in [3.05, 3.63) is 18.3 Å². The highest BCUT2D eigenvalue weighted by molar-refractivity contribution is 5.35. The van der Waals surface area contributed by atoms with Crippen molar-refractivity contribution in [3.63, 3.8) is 0 Å². The number of nitrogens with two attached hydrogens (primary N) is 1. The zero-order valence-electron chi connectivity index (χ0n) is 9.56. The van der Waals surface area contributed by atoms with Crippen molar-refractivity contribution in [1.82, 2.24) is 9.88 Å². The van der Waals surface area contributed by atoms with Crippen LogP contribution in [0.1, 0.15) is 19.3 Å². The normalized spacial score (nSPS) is 17.2. The average Bonchev–Trinajstić information content (AvgIpc) is 2.33. The number of nitrogen functional groups attached to an aromatic ring is 1. The van der Waals surface area contributed by atoms with Gasteiger partial charge < -0.3 is 10.5 Å². The van der Waals surface area contributed by atoms with E-state index < -0.39 is 0 Å². The first-order chi connectivity index (χ1) is 7.84. The Hall–Kier alpha value is -1.29. The largest absolute Gasteiger partial charge is 0.476 e. The van der Waals surface area contributed by atoms with Gasteiger partial charge in [-0.3, -0.25) is 4.90 Å². The van der Waals surface area contributed by atoms with Gasteiger partial charge in [0.2, 0.25) is 5.88 Å². The highest BCUT2D eigenvalue weighted by atomic mass is 16.5. The molecular formula is C12H19N3O. The Bertz CT molecular complexity index is 307. The third kappa shape index (κ3) is 3.38. The molecule has 0 bridgehead atoms. The summed E-state index contributed by atoms with van der Waals surface area (Å²) in [5, 5.41) is 0. The Morgan fingerprint density at radius 1 is 1.25 bits per heavy atom. The fourth-order valence-corrected chi connectivity index (χ4v) is 1.94. The molecule has 0 atom stereocenters. The molecule has 0 unspecified atom stereocenters. The molecule has 88 valence electrons. The van der Waals surface area contributed by atoms with Crippen molar-refractivity contribution in [2.45, 2.75) is 19.3 Å². The molecule has 0 radical (unpaired) electrons. The maximum Gasteiger partial charge on any atom is 0.213 e. The van der Waals surface area contributed by atoms with Gasteiger partial charge in [0.25, 0.3) is 0 Å². The van der Waals surface area contributed by atoms with Crippen LogP contribution in [0.2, 0.25) is 0 Å². The van der Waals surface area contributed by atoms with Crippen LogP contribution in [0.25, 0.3) is 0 Å². The van der Waals surface area contributed by atoms with Gasteiger partial charge in [-0.2, -0.15) is 0 Å². The van der Waals surface area contributed by atoms with E-state index in [4.69, 9.17) is 10.5 Å². The average molecular weight is 221 g/mol. The standard InChI is InChI=1S/C12H19N3O/c13-11-4-5-12(14-10-11)16-9-8-15-6-2-1-3-7-15/h4-5,10H,1-3,6-9,13H2. The van der Waals surface area contributed by atoms with E-state index in [2.05, 4.69) is 9.88 Å². The van der Waals surface area contributed by atoms with Gasteiger partial charge in [0.1, 0.15) is 6.61 Å². The smallest absolute Gasteiger partial charge is 0.213 e. The summed E-state index contributed by atoms with van der Waals surface area (Å²) in [5.74, 6) is 0.659. The number of anilines is 1. The summed E-state index contributed by atoms with van der Waals surface area (Å²) in [4.78, 5) is 6.54. The molecule has 2 heterocycles. The van der Waals surface area contributed by atoms with Crippen LogP contribution in [0.4, 0.5) is 5.69 Å². The number of pyridine rings is 1. The van der Waals surface area contributed by atoms with Gasteiger partial charge in [-0.25, -0.2) is 4.98 Å². The molecular weight excluding hydrogens is 202 g/mol. The highest BCUT2D eigenvalue weighted by Gasteiger charge is 2.09. The van der Waals surface area contributed by atoms with Crippen LogP contribution in [0.5, 0.6) is 5.88 Å². The van der Waals surface area contributed by atoms with Gasteiger partial charge in [-0.05, 0) is 32.0 Å². The zero-order valence-corrected chi connectivity index (χ0v) is 9.56. The Labute approximate surface area is 96.4 Å². The quantitative estimate of drug-likeness (QED) is 0.837. The third-order valence-electron chi connectivity index (χ3n) is 2.87. The predicted molar refractivity (Wildman–Crippen MR) is 64.4 cm³/mol. The van der Waals surface area contributed by atoms with Crippen molar-refractivity contribution in [1.29, 1.82) is 0 Å². The van der Waals surface area contributed by atoms with Crippen LogP contribution in [-0.4, -0.2) is 36.1 Å². The van der Waals surface area contributed by atoms with Gasteiger partial charge in [0, 0.05) is 12.6 Å². The molecule has 1 aliphatic heterocycles. The lowest BCUT2D eigenvalue weighted by Gasteiger charge is -2.25. The van der Waals surface area contributed by atoms with Crippen molar-refractivity contribution in [2.75, 3.05) is 32.0 Å². The second kappa shape index (κ2) is 5.70. The van der Waals surface area contributed by atoms with Gasteiger partial charge in [-0.15, -0.1) is 0 Å². The summed E-state index contributed by atoms with van der Waals surface area (Å²) >= 11 is 0. The molecule has 0 aliphatic carbocycles. The first-order valence-corrected chi connectivity index (χ1v) is 5.91. The first kappa shape index (κ1) is 11.2. The molecule has 1 fully saturated rings. The van der Waals surface area contributed by atoms with Crippen molar-refractivity contribution in [2.24, 2.45) is 0 Å². The van der Waals surface area contributed by atoms with Crippen molar-refractivity contribution >= 4 is 5.69 Å². The first-order valence-electron chi connectivity index (χ1n) is 5.91. The molecule has 0 aromatic carbocycles. The minimum Gasteiger partial charge on any atom is -0.476 e. The Morgan fingerprint density at radius 2 is 2.06 bits per heavy atom. The summed E-state index contributed by atoms with van der Waals surface area (Å²) in [6, 6.07) is 3.62. The fraction of sp³-hybridized carbons (Fsp3) is 0.583. The Kier molecular flexibility index (Phi) is 3.99. The van der Waals surface area contributed by atoms with E-state index in [9.17, 15) is 0 Å². The van der Waals surface area contributed by atoms with Crippen LogP contribution < -0.4 is 10.5 Å². The topological polar surface area (TPSA) is 51.4 Å². The lowest BCUT2D eigenvalue weighted by atomic mass is 10.1. The van der Waals surface area contributed by atoms with Gasteiger partial charge >= 0.3 is 0 Å². The highest BCUT2D eigenvalue weighted by Crippen LogP contribution is 2.10. The van der Waals surface area contributed by atoms with E-state index in [1.54, 1.807) is 6.20 Å². The molecule has 0 spiro atoms. The van der Waals surface area contributed by atoms with E-state index in [-0.39, 0.29) is 0 Å². The van der Waals surface area contributed by atoms with E-state index in [0.29, 0.717) is 18.2 Å². The summed E-state index contributed by atoms with van der Waals surface area (Å²) in [5.41, 5.74) is 6.22. The summed E-state index contributed by atoms with van der Waals surface area (Å²) in [7, 11) is 0. The number of hydrogen-bond donors (Lipinski definition) is 1. The molecule has 0 amide bonds. The minimum absolute atomic E-state index is 0.659. The fourth-order valence-electron chi connectivity index (χ4n) is 1.94. The SMILES string of the molecule is Nc1ccc(OCCN2CCCCC2)nc1. The number of aromatic nitrogens is 1. The van der Waals surface area contributed by atoms with Crippen molar-refractivity contribution < 1.29 is 4.74 Å².